The number of fused-ring (bicyclic) bond motifs is 1. The minimum absolute atomic E-state index is 0.625. The SMILES string of the molecule is c1ccc(COc2ccc3c(c2)NCCCC3)cc1. The number of ether oxygens (including phenoxy) is 1. The molecule has 0 saturated carbocycles. The first-order valence-corrected chi connectivity index (χ1v) is 6.95. The predicted molar refractivity (Wildman–Crippen MR) is 78.6 cm³/mol. The van der Waals surface area contributed by atoms with Crippen molar-refractivity contribution in [2.45, 2.75) is 25.9 Å². The number of aryl methyl sites for hydroxylation is 1. The molecule has 0 unspecified atom stereocenters. The molecule has 0 amide bonds. The second-order valence-electron chi connectivity index (χ2n) is 4.98. The molecule has 0 bridgehead atoms. The van der Waals surface area contributed by atoms with E-state index < -0.39 is 0 Å². The van der Waals surface area contributed by atoms with Crippen molar-refractivity contribution in [3.05, 3.63) is 59.7 Å². The standard InChI is InChI=1S/C17H19NO/c1-2-6-14(7-3-1)13-19-16-10-9-15-8-4-5-11-18-17(15)12-16/h1-3,6-7,9-10,12,18H,4-5,8,11,13H2. The van der Waals surface area contributed by atoms with Crippen LogP contribution in [0.15, 0.2) is 48.5 Å². The summed E-state index contributed by atoms with van der Waals surface area (Å²) in [5.41, 5.74) is 3.85. The Morgan fingerprint density at radius 3 is 2.79 bits per heavy atom. The molecule has 1 aliphatic heterocycles. The second kappa shape index (κ2) is 5.79. The van der Waals surface area contributed by atoms with Crippen molar-refractivity contribution < 1.29 is 4.74 Å². The van der Waals surface area contributed by atoms with Crippen LogP contribution in [0.3, 0.4) is 0 Å². The topological polar surface area (TPSA) is 21.3 Å². The molecule has 2 nitrogen and oxygen atoms in total. The zero-order valence-corrected chi connectivity index (χ0v) is 11.1. The van der Waals surface area contributed by atoms with Crippen LogP contribution in [-0.2, 0) is 13.0 Å². The molecule has 1 N–H and O–H groups in total. The van der Waals surface area contributed by atoms with Gasteiger partial charge in [0.15, 0.2) is 0 Å². The summed E-state index contributed by atoms with van der Waals surface area (Å²) in [6, 6.07) is 16.7. The average Bonchev–Trinajstić information content (AvgIpc) is 2.71. The van der Waals surface area contributed by atoms with Gasteiger partial charge >= 0.3 is 0 Å². The third-order valence-corrected chi connectivity index (χ3v) is 3.52. The Hall–Kier alpha value is -1.96. The Labute approximate surface area is 114 Å². The van der Waals surface area contributed by atoms with Gasteiger partial charge in [-0.25, -0.2) is 0 Å². The highest BCUT2D eigenvalue weighted by Crippen LogP contribution is 2.26. The normalized spacial score (nSPS) is 14.1. The van der Waals surface area contributed by atoms with Gasteiger partial charge in [0.25, 0.3) is 0 Å². The fourth-order valence-electron chi connectivity index (χ4n) is 2.43. The van der Waals surface area contributed by atoms with Crippen LogP contribution in [0.2, 0.25) is 0 Å². The van der Waals surface area contributed by atoms with Crippen LogP contribution >= 0.6 is 0 Å². The van der Waals surface area contributed by atoms with Crippen molar-refractivity contribution in [3.8, 4) is 5.75 Å². The first-order valence-electron chi connectivity index (χ1n) is 6.95. The van der Waals surface area contributed by atoms with Gasteiger partial charge in [0.1, 0.15) is 12.4 Å². The Bertz CT molecular complexity index is 536. The van der Waals surface area contributed by atoms with Gasteiger partial charge in [0, 0.05) is 18.3 Å². The highest BCUT2D eigenvalue weighted by Gasteiger charge is 2.08. The maximum atomic E-state index is 5.86. The molecule has 0 fully saturated rings. The van der Waals surface area contributed by atoms with E-state index in [1.807, 2.05) is 18.2 Å². The maximum absolute atomic E-state index is 5.86. The van der Waals surface area contributed by atoms with Gasteiger partial charge in [-0.05, 0) is 36.5 Å². The molecule has 2 heteroatoms. The molecule has 2 aromatic carbocycles. The molecule has 0 radical (unpaired) electrons. The van der Waals surface area contributed by atoms with Crippen LogP contribution in [0.1, 0.15) is 24.0 Å². The molecule has 0 aliphatic carbocycles. The highest BCUT2D eigenvalue weighted by atomic mass is 16.5. The van der Waals surface area contributed by atoms with Crippen molar-refractivity contribution in [2.75, 3.05) is 11.9 Å². The van der Waals surface area contributed by atoms with Crippen LogP contribution in [-0.4, -0.2) is 6.54 Å². The summed E-state index contributed by atoms with van der Waals surface area (Å²) < 4.78 is 5.86. The predicted octanol–water partition coefficient (Wildman–Crippen LogP) is 4.01. The van der Waals surface area contributed by atoms with Crippen molar-refractivity contribution in [2.24, 2.45) is 0 Å². The number of hydrogen-bond acceptors (Lipinski definition) is 2. The lowest BCUT2D eigenvalue weighted by atomic mass is 10.1. The lowest BCUT2D eigenvalue weighted by molar-refractivity contribution is 0.306. The summed E-state index contributed by atoms with van der Waals surface area (Å²) in [5.74, 6) is 0.942. The molecular weight excluding hydrogens is 234 g/mol. The first kappa shape index (κ1) is 12.1. The van der Waals surface area contributed by atoms with E-state index in [9.17, 15) is 0 Å². The molecule has 98 valence electrons. The van der Waals surface area contributed by atoms with Crippen molar-refractivity contribution in [3.63, 3.8) is 0 Å². The van der Waals surface area contributed by atoms with Crippen LogP contribution in [0.25, 0.3) is 0 Å². The fraction of sp³-hybridized carbons (Fsp3) is 0.294. The average molecular weight is 253 g/mol. The van der Waals surface area contributed by atoms with E-state index in [1.165, 1.54) is 36.1 Å². The quantitative estimate of drug-likeness (QED) is 0.892. The number of anilines is 1. The summed E-state index contributed by atoms with van der Waals surface area (Å²) in [5, 5.41) is 3.48. The molecule has 0 aromatic heterocycles. The Kier molecular flexibility index (Phi) is 3.68. The van der Waals surface area contributed by atoms with Crippen LogP contribution in [0.4, 0.5) is 5.69 Å². The Balaban J connectivity index is 1.70. The van der Waals surface area contributed by atoms with Crippen molar-refractivity contribution in [1.82, 2.24) is 0 Å². The summed E-state index contributed by atoms with van der Waals surface area (Å²) in [4.78, 5) is 0. The monoisotopic (exact) mass is 253 g/mol. The van der Waals surface area contributed by atoms with Gasteiger partial charge in [0.2, 0.25) is 0 Å². The maximum Gasteiger partial charge on any atom is 0.121 e. The zero-order chi connectivity index (χ0) is 12.9. The van der Waals surface area contributed by atoms with E-state index >= 15 is 0 Å². The summed E-state index contributed by atoms with van der Waals surface area (Å²) >= 11 is 0. The van der Waals surface area contributed by atoms with E-state index in [0.29, 0.717) is 6.61 Å². The molecule has 1 heterocycles. The largest absolute Gasteiger partial charge is 0.489 e. The smallest absolute Gasteiger partial charge is 0.121 e. The molecule has 0 spiro atoms. The minimum atomic E-state index is 0.625. The molecule has 1 aliphatic rings. The third kappa shape index (κ3) is 3.08. The van der Waals surface area contributed by atoms with E-state index in [2.05, 4.69) is 35.6 Å². The number of nitrogens with one attached hydrogen (secondary N) is 1. The first-order chi connectivity index (χ1) is 9.42. The Morgan fingerprint density at radius 2 is 1.89 bits per heavy atom. The van der Waals surface area contributed by atoms with Crippen molar-refractivity contribution >= 4 is 5.69 Å². The van der Waals surface area contributed by atoms with Crippen LogP contribution < -0.4 is 10.1 Å². The number of hydrogen-bond donors (Lipinski definition) is 1. The lowest BCUT2D eigenvalue weighted by Crippen LogP contribution is -2.01. The minimum Gasteiger partial charge on any atom is -0.489 e. The van der Waals surface area contributed by atoms with Gasteiger partial charge in [-0.3, -0.25) is 0 Å². The summed E-state index contributed by atoms with van der Waals surface area (Å²) in [6.45, 7) is 1.69. The molecule has 2 aromatic rings. The van der Waals surface area contributed by atoms with Crippen LogP contribution in [0.5, 0.6) is 5.75 Å². The summed E-state index contributed by atoms with van der Waals surface area (Å²) in [7, 11) is 0. The van der Waals surface area contributed by atoms with Crippen molar-refractivity contribution in [1.29, 1.82) is 0 Å². The molecule has 0 saturated heterocycles. The number of benzene rings is 2. The highest BCUT2D eigenvalue weighted by molar-refractivity contribution is 5.55. The fourth-order valence-corrected chi connectivity index (χ4v) is 2.43. The molecule has 0 atom stereocenters. The van der Waals surface area contributed by atoms with E-state index in [0.717, 1.165) is 12.3 Å². The number of rotatable bonds is 3. The summed E-state index contributed by atoms with van der Waals surface area (Å²) in [6.07, 6.45) is 3.68. The van der Waals surface area contributed by atoms with E-state index in [4.69, 9.17) is 4.74 Å². The molecular formula is C17H19NO. The third-order valence-electron chi connectivity index (χ3n) is 3.52. The Morgan fingerprint density at radius 1 is 1.00 bits per heavy atom. The van der Waals surface area contributed by atoms with Gasteiger partial charge in [-0.1, -0.05) is 36.4 Å². The van der Waals surface area contributed by atoms with Crippen LogP contribution in [0, 0.1) is 0 Å². The van der Waals surface area contributed by atoms with E-state index in [-0.39, 0.29) is 0 Å². The van der Waals surface area contributed by atoms with Gasteiger partial charge < -0.3 is 10.1 Å². The second-order valence-corrected chi connectivity index (χ2v) is 4.98. The zero-order valence-electron chi connectivity index (χ0n) is 11.1. The lowest BCUT2D eigenvalue weighted by Gasteiger charge is -2.11. The van der Waals surface area contributed by atoms with E-state index in [1.54, 1.807) is 0 Å². The molecule has 19 heavy (non-hydrogen) atoms. The van der Waals surface area contributed by atoms with Gasteiger partial charge in [-0.2, -0.15) is 0 Å². The van der Waals surface area contributed by atoms with Gasteiger partial charge in [0.05, 0.1) is 0 Å². The van der Waals surface area contributed by atoms with Gasteiger partial charge in [-0.15, -0.1) is 0 Å². The molecule has 3 rings (SSSR count).